The topological polar surface area (TPSA) is 25.4 Å². The molecule has 3 rings (SSSR count). The summed E-state index contributed by atoms with van der Waals surface area (Å²) < 4.78 is 5.37. The van der Waals surface area contributed by atoms with Crippen LogP contribution in [0.4, 0.5) is 5.69 Å². The molecule has 0 aliphatic carbocycles. The second-order valence-electron chi connectivity index (χ2n) is 4.08. The van der Waals surface area contributed by atoms with E-state index in [1.165, 1.54) is 0 Å². The molecule has 0 unspecified atom stereocenters. The van der Waals surface area contributed by atoms with E-state index in [1.807, 2.05) is 24.4 Å². The first-order valence-electron chi connectivity index (χ1n) is 5.72. The highest BCUT2D eigenvalue weighted by Gasteiger charge is 2.15. The molecular weight excluding hydrogens is 236 g/mol. The lowest BCUT2D eigenvalue weighted by Gasteiger charge is -2.29. The Labute approximate surface area is 105 Å². The number of hydrogen-bond donors (Lipinski definition) is 0. The molecule has 0 radical (unpaired) electrons. The van der Waals surface area contributed by atoms with Gasteiger partial charge in [-0.2, -0.15) is 0 Å². The van der Waals surface area contributed by atoms with Gasteiger partial charge < -0.3 is 9.64 Å². The van der Waals surface area contributed by atoms with Crippen molar-refractivity contribution >= 4 is 28.1 Å². The predicted octanol–water partition coefficient (Wildman–Crippen LogP) is 2.72. The number of pyridine rings is 1. The number of morpholine rings is 1. The number of fused-ring (bicyclic) bond motifs is 1. The van der Waals surface area contributed by atoms with Gasteiger partial charge in [-0.1, -0.05) is 35.9 Å². The summed E-state index contributed by atoms with van der Waals surface area (Å²) in [6, 6.07) is 8.11. The zero-order chi connectivity index (χ0) is 11.7. The van der Waals surface area contributed by atoms with Gasteiger partial charge in [-0.15, -0.1) is 0 Å². The number of nitrogens with zero attached hydrogens (tertiary/aromatic N) is 2. The van der Waals surface area contributed by atoms with Crippen molar-refractivity contribution in [2.24, 2.45) is 0 Å². The van der Waals surface area contributed by atoms with Crippen LogP contribution in [0.3, 0.4) is 0 Å². The normalized spacial score (nSPS) is 16.4. The van der Waals surface area contributed by atoms with Gasteiger partial charge in [0.2, 0.25) is 0 Å². The van der Waals surface area contributed by atoms with Gasteiger partial charge in [0.15, 0.2) is 0 Å². The Morgan fingerprint density at radius 2 is 1.82 bits per heavy atom. The fourth-order valence-electron chi connectivity index (χ4n) is 2.20. The summed E-state index contributed by atoms with van der Waals surface area (Å²) in [4.78, 5) is 6.57. The van der Waals surface area contributed by atoms with E-state index in [9.17, 15) is 0 Å². The average Bonchev–Trinajstić information content (AvgIpc) is 2.41. The average molecular weight is 249 g/mol. The van der Waals surface area contributed by atoms with Crippen molar-refractivity contribution < 1.29 is 4.74 Å². The molecule has 1 saturated heterocycles. The van der Waals surface area contributed by atoms with Gasteiger partial charge >= 0.3 is 0 Å². The van der Waals surface area contributed by atoms with Crippen LogP contribution in [0.15, 0.2) is 30.5 Å². The Bertz CT molecular complexity index is 538. The van der Waals surface area contributed by atoms with E-state index >= 15 is 0 Å². The highest BCUT2D eigenvalue weighted by molar-refractivity contribution is 6.34. The van der Waals surface area contributed by atoms with E-state index in [0.29, 0.717) is 5.15 Å². The first-order valence-corrected chi connectivity index (χ1v) is 6.10. The summed E-state index contributed by atoms with van der Waals surface area (Å²) in [5, 5.41) is 2.74. The monoisotopic (exact) mass is 248 g/mol. The summed E-state index contributed by atoms with van der Waals surface area (Å²) in [5.41, 5.74) is 1.15. The Morgan fingerprint density at radius 1 is 1.12 bits per heavy atom. The summed E-state index contributed by atoms with van der Waals surface area (Å²) >= 11 is 6.11. The number of benzene rings is 1. The van der Waals surface area contributed by atoms with Crippen LogP contribution in [0.2, 0.25) is 5.15 Å². The maximum Gasteiger partial charge on any atom is 0.136 e. The minimum atomic E-state index is 0.567. The largest absolute Gasteiger partial charge is 0.378 e. The number of hydrogen-bond acceptors (Lipinski definition) is 3. The minimum Gasteiger partial charge on any atom is -0.378 e. The van der Waals surface area contributed by atoms with Crippen LogP contribution in [0.1, 0.15) is 0 Å². The molecule has 17 heavy (non-hydrogen) atoms. The predicted molar refractivity (Wildman–Crippen MR) is 69.8 cm³/mol. The molecule has 0 spiro atoms. The second-order valence-corrected chi connectivity index (χ2v) is 4.44. The standard InChI is InChI=1S/C13H13ClN2O/c14-13-11-4-2-1-3-10(11)12(9-15-13)16-5-7-17-8-6-16/h1-4,9H,5-8H2. The molecule has 3 nitrogen and oxygen atoms in total. The Morgan fingerprint density at radius 3 is 2.59 bits per heavy atom. The van der Waals surface area contributed by atoms with Gasteiger partial charge in [-0.25, -0.2) is 4.98 Å². The lowest BCUT2D eigenvalue weighted by atomic mass is 10.1. The zero-order valence-electron chi connectivity index (χ0n) is 9.40. The van der Waals surface area contributed by atoms with Crippen LogP contribution in [-0.2, 0) is 4.74 Å². The van der Waals surface area contributed by atoms with E-state index in [4.69, 9.17) is 16.3 Å². The Kier molecular flexibility index (Phi) is 2.87. The molecule has 1 aliphatic heterocycles. The fourth-order valence-corrected chi connectivity index (χ4v) is 2.41. The molecule has 4 heteroatoms. The number of ether oxygens (including phenoxy) is 1. The number of halogens is 1. The summed E-state index contributed by atoms with van der Waals surface area (Å²) in [7, 11) is 0. The summed E-state index contributed by atoms with van der Waals surface area (Å²) in [6.07, 6.45) is 1.86. The number of aromatic nitrogens is 1. The maximum absolute atomic E-state index is 6.11. The van der Waals surface area contributed by atoms with Crippen molar-refractivity contribution in [3.8, 4) is 0 Å². The molecule has 1 aromatic carbocycles. The van der Waals surface area contributed by atoms with Crippen LogP contribution in [0.5, 0.6) is 0 Å². The van der Waals surface area contributed by atoms with Gasteiger partial charge in [0.1, 0.15) is 5.15 Å². The van der Waals surface area contributed by atoms with Gasteiger partial charge in [-0.05, 0) is 0 Å². The smallest absolute Gasteiger partial charge is 0.136 e. The van der Waals surface area contributed by atoms with E-state index in [1.54, 1.807) is 0 Å². The molecule has 1 aliphatic rings. The fraction of sp³-hybridized carbons (Fsp3) is 0.308. The molecule has 0 N–H and O–H groups in total. The highest BCUT2D eigenvalue weighted by Crippen LogP contribution is 2.30. The number of anilines is 1. The van der Waals surface area contributed by atoms with Crippen LogP contribution in [0, 0.1) is 0 Å². The third-order valence-electron chi connectivity index (χ3n) is 3.08. The first-order chi connectivity index (χ1) is 8.36. The lowest BCUT2D eigenvalue weighted by Crippen LogP contribution is -2.36. The third-order valence-corrected chi connectivity index (χ3v) is 3.38. The molecule has 2 heterocycles. The lowest BCUT2D eigenvalue weighted by molar-refractivity contribution is 0.123. The van der Waals surface area contributed by atoms with Crippen molar-refractivity contribution in [3.05, 3.63) is 35.6 Å². The molecular formula is C13H13ClN2O. The molecule has 2 aromatic rings. The summed E-state index contributed by atoms with van der Waals surface area (Å²) in [6.45, 7) is 3.37. The molecule has 1 fully saturated rings. The van der Waals surface area contributed by atoms with Crippen molar-refractivity contribution in [1.82, 2.24) is 4.98 Å². The highest BCUT2D eigenvalue weighted by atomic mass is 35.5. The van der Waals surface area contributed by atoms with Crippen LogP contribution in [-0.4, -0.2) is 31.3 Å². The van der Waals surface area contributed by atoms with Gasteiger partial charge in [0.25, 0.3) is 0 Å². The number of rotatable bonds is 1. The zero-order valence-corrected chi connectivity index (χ0v) is 10.2. The Hall–Kier alpha value is -1.32. The first kappa shape index (κ1) is 10.8. The van der Waals surface area contributed by atoms with Crippen molar-refractivity contribution in [2.45, 2.75) is 0 Å². The van der Waals surface area contributed by atoms with Crippen LogP contribution in [0.25, 0.3) is 10.8 Å². The summed E-state index contributed by atoms with van der Waals surface area (Å²) in [5.74, 6) is 0. The molecule has 0 bridgehead atoms. The van der Waals surface area contributed by atoms with Crippen molar-refractivity contribution in [3.63, 3.8) is 0 Å². The van der Waals surface area contributed by atoms with Gasteiger partial charge in [0, 0.05) is 23.9 Å². The quantitative estimate of drug-likeness (QED) is 0.726. The second kappa shape index (κ2) is 4.51. The van der Waals surface area contributed by atoms with Crippen molar-refractivity contribution in [2.75, 3.05) is 31.2 Å². The van der Waals surface area contributed by atoms with Crippen LogP contribution >= 0.6 is 11.6 Å². The maximum atomic E-state index is 6.11. The van der Waals surface area contributed by atoms with E-state index in [2.05, 4.69) is 16.0 Å². The molecule has 0 atom stereocenters. The molecule has 1 aromatic heterocycles. The molecule has 0 saturated carbocycles. The van der Waals surface area contributed by atoms with Gasteiger partial charge in [-0.3, -0.25) is 0 Å². The Balaban J connectivity index is 2.12. The minimum absolute atomic E-state index is 0.567. The van der Waals surface area contributed by atoms with E-state index < -0.39 is 0 Å². The molecule has 0 amide bonds. The van der Waals surface area contributed by atoms with E-state index in [0.717, 1.165) is 42.8 Å². The van der Waals surface area contributed by atoms with Gasteiger partial charge in [0.05, 0.1) is 25.1 Å². The molecule has 88 valence electrons. The van der Waals surface area contributed by atoms with E-state index in [-0.39, 0.29) is 0 Å². The SMILES string of the molecule is Clc1ncc(N2CCOCC2)c2ccccc12. The van der Waals surface area contributed by atoms with Crippen LogP contribution < -0.4 is 4.90 Å². The van der Waals surface area contributed by atoms with Crippen molar-refractivity contribution in [1.29, 1.82) is 0 Å². The third kappa shape index (κ3) is 1.96.